The van der Waals surface area contributed by atoms with Gasteiger partial charge in [0.15, 0.2) is 11.6 Å². The first-order valence-corrected chi connectivity index (χ1v) is 9.55. The molecule has 2 aromatic rings. The van der Waals surface area contributed by atoms with E-state index in [2.05, 4.69) is 5.16 Å². The molecule has 9 heteroatoms. The molecule has 0 radical (unpaired) electrons. The number of nitrogens with zero attached hydrogens (tertiary/aromatic N) is 3. The van der Waals surface area contributed by atoms with Gasteiger partial charge in [0.2, 0.25) is 5.43 Å². The number of benzene rings is 1. The molecule has 1 spiro atoms. The van der Waals surface area contributed by atoms with E-state index in [0.29, 0.717) is 17.8 Å². The number of fused-ring (bicyclic) bond motifs is 1. The number of anilines is 1. The van der Waals surface area contributed by atoms with Crippen LogP contribution in [0.15, 0.2) is 22.2 Å². The largest absolute Gasteiger partial charge is 0.492 e. The Bertz CT molecular complexity index is 1150. The third-order valence-corrected chi connectivity index (χ3v) is 6.31. The van der Waals surface area contributed by atoms with Crippen molar-refractivity contribution >= 4 is 28.3 Å². The van der Waals surface area contributed by atoms with E-state index in [9.17, 15) is 19.9 Å². The molecule has 3 fully saturated rings. The topological polar surface area (TPSA) is 104 Å². The second kappa shape index (κ2) is 5.95. The third-order valence-electron chi connectivity index (χ3n) is 6.31. The summed E-state index contributed by atoms with van der Waals surface area (Å²) < 4.78 is 22.6. The summed E-state index contributed by atoms with van der Waals surface area (Å²) in [7, 11) is 1.41. The van der Waals surface area contributed by atoms with Crippen molar-refractivity contribution in [3.8, 4) is 5.75 Å². The summed E-state index contributed by atoms with van der Waals surface area (Å²) >= 11 is 0. The molecule has 2 N–H and O–H groups in total. The number of carboxylic acid groups (broad SMARTS) is 1. The molecular weight excluding hydrogens is 381 g/mol. The van der Waals surface area contributed by atoms with Crippen LogP contribution in [-0.4, -0.2) is 46.8 Å². The zero-order valence-corrected chi connectivity index (χ0v) is 15.8. The lowest BCUT2D eigenvalue weighted by molar-refractivity contribution is 0.0695. The smallest absolute Gasteiger partial charge is 0.341 e. The number of halogens is 1. The van der Waals surface area contributed by atoms with Gasteiger partial charge in [-0.25, -0.2) is 9.18 Å². The molecule has 0 amide bonds. The van der Waals surface area contributed by atoms with Crippen molar-refractivity contribution in [2.45, 2.75) is 31.7 Å². The molecule has 1 aromatic carbocycles. The van der Waals surface area contributed by atoms with Crippen LogP contribution in [0, 0.1) is 11.2 Å². The number of ether oxygens (including phenoxy) is 1. The number of pyridine rings is 1. The van der Waals surface area contributed by atoms with Crippen LogP contribution in [0.2, 0.25) is 0 Å². The highest BCUT2D eigenvalue weighted by Gasteiger charge is 2.54. The predicted octanol–water partition coefficient (Wildman–Crippen LogP) is 2.61. The van der Waals surface area contributed by atoms with Gasteiger partial charge in [0.05, 0.1) is 30.3 Å². The molecule has 152 valence electrons. The lowest BCUT2D eigenvalue weighted by Crippen LogP contribution is -2.24. The van der Waals surface area contributed by atoms with Gasteiger partial charge >= 0.3 is 5.97 Å². The highest BCUT2D eigenvalue weighted by molar-refractivity contribution is 6.02. The Balaban J connectivity index is 1.78. The van der Waals surface area contributed by atoms with E-state index in [-0.39, 0.29) is 40.4 Å². The number of hydrogen-bond acceptors (Lipinski definition) is 6. The summed E-state index contributed by atoms with van der Waals surface area (Å²) in [6.45, 7) is 0.780. The van der Waals surface area contributed by atoms with Crippen LogP contribution in [0.5, 0.6) is 5.75 Å². The molecule has 2 heterocycles. The number of methoxy groups -OCH3 is 1. The highest BCUT2D eigenvalue weighted by Crippen LogP contribution is 2.53. The second-order valence-corrected chi connectivity index (χ2v) is 8.13. The van der Waals surface area contributed by atoms with Crippen LogP contribution in [0.25, 0.3) is 10.9 Å². The van der Waals surface area contributed by atoms with Gasteiger partial charge in [-0.3, -0.25) is 4.79 Å². The van der Waals surface area contributed by atoms with Crippen molar-refractivity contribution in [1.82, 2.24) is 4.57 Å². The van der Waals surface area contributed by atoms with E-state index in [0.717, 1.165) is 31.7 Å². The number of carboxylic acids is 1. The summed E-state index contributed by atoms with van der Waals surface area (Å²) in [5.74, 6) is -1.80. The van der Waals surface area contributed by atoms with Crippen molar-refractivity contribution < 1.29 is 24.2 Å². The van der Waals surface area contributed by atoms with Crippen LogP contribution in [0.1, 0.15) is 42.1 Å². The summed E-state index contributed by atoms with van der Waals surface area (Å²) in [5.41, 5.74) is -0.0932. The Labute approximate surface area is 164 Å². The van der Waals surface area contributed by atoms with E-state index in [1.807, 2.05) is 0 Å². The minimum atomic E-state index is -1.34. The van der Waals surface area contributed by atoms with E-state index in [4.69, 9.17) is 4.74 Å². The van der Waals surface area contributed by atoms with Gasteiger partial charge in [-0.05, 0) is 31.7 Å². The number of rotatable bonds is 4. The lowest BCUT2D eigenvalue weighted by Gasteiger charge is -2.24. The number of hydrogen-bond donors (Lipinski definition) is 2. The van der Waals surface area contributed by atoms with Crippen molar-refractivity contribution in [3.05, 3.63) is 33.9 Å². The first-order chi connectivity index (χ1) is 13.9. The Kier molecular flexibility index (Phi) is 3.68. The Morgan fingerprint density at radius 2 is 2.10 bits per heavy atom. The molecular formula is C20H20FN3O5. The van der Waals surface area contributed by atoms with Gasteiger partial charge in [-0.15, -0.1) is 0 Å². The van der Waals surface area contributed by atoms with Gasteiger partial charge in [-0.1, -0.05) is 5.16 Å². The molecule has 3 aliphatic rings. The summed E-state index contributed by atoms with van der Waals surface area (Å²) in [4.78, 5) is 26.1. The molecule has 0 bridgehead atoms. The van der Waals surface area contributed by atoms with Gasteiger partial charge < -0.3 is 24.5 Å². The molecule has 29 heavy (non-hydrogen) atoms. The Morgan fingerprint density at radius 1 is 1.38 bits per heavy atom. The van der Waals surface area contributed by atoms with Gasteiger partial charge in [0, 0.05) is 24.2 Å². The molecule has 1 aliphatic heterocycles. The molecule has 2 aliphatic carbocycles. The van der Waals surface area contributed by atoms with E-state index >= 15 is 4.39 Å². The normalized spacial score (nSPS) is 21.3. The van der Waals surface area contributed by atoms with Crippen LogP contribution in [0.3, 0.4) is 0 Å². The zero-order chi connectivity index (χ0) is 20.5. The average molecular weight is 401 g/mol. The average Bonchev–Trinajstić information content (AvgIpc) is 3.60. The fraction of sp³-hybridized carbons (Fsp3) is 0.450. The SMILES string of the molecule is COc1c(N2CC(=NO)C3(CC3)C2)c(F)cc2c(=O)c(C(=O)O)cn(C3CC3)c12. The fourth-order valence-electron chi connectivity index (χ4n) is 4.48. The quantitative estimate of drug-likeness (QED) is 0.603. The summed E-state index contributed by atoms with van der Waals surface area (Å²) in [6.07, 6.45) is 4.80. The summed E-state index contributed by atoms with van der Waals surface area (Å²) in [5, 5.41) is 22.2. The van der Waals surface area contributed by atoms with Gasteiger partial charge in [-0.2, -0.15) is 0 Å². The van der Waals surface area contributed by atoms with Crippen molar-refractivity contribution in [2.75, 3.05) is 25.1 Å². The molecule has 2 saturated carbocycles. The molecule has 0 unspecified atom stereocenters. The zero-order valence-electron chi connectivity index (χ0n) is 15.8. The van der Waals surface area contributed by atoms with Crippen LogP contribution >= 0.6 is 0 Å². The monoisotopic (exact) mass is 401 g/mol. The van der Waals surface area contributed by atoms with Crippen molar-refractivity contribution in [2.24, 2.45) is 10.6 Å². The number of oxime groups is 1. The number of aromatic carboxylic acids is 1. The second-order valence-electron chi connectivity index (χ2n) is 8.13. The van der Waals surface area contributed by atoms with Crippen molar-refractivity contribution in [3.63, 3.8) is 0 Å². The minimum absolute atomic E-state index is 0.00807. The standard InChI is InChI=1S/C20H20FN3O5/c1-29-18-15-11(17(25)12(19(26)27)7-24(15)10-2-3-10)6-13(21)16(18)23-8-14(22-28)20(9-23)4-5-20/h6-7,10,28H,2-5,8-9H2,1H3,(H,26,27). The van der Waals surface area contributed by atoms with E-state index in [1.54, 1.807) is 9.47 Å². The Morgan fingerprint density at radius 3 is 2.62 bits per heavy atom. The van der Waals surface area contributed by atoms with Crippen LogP contribution < -0.4 is 15.1 Å². The van der Waals surface area contributed by atoms with Crippen molar-refractivity contribution in [1.29, 1.82) is 0 Å². The fourth-order valence-corrected chi connectivity index (χ4v) is 4.48. The van der Waals surface area contributed by atoms with Gasteiger partial charge in [0.1, 0.15) is 11.3 Å². The Hall–Kier alpha value is -3.10. The molecule has 8 nitrogen and oxygen atoms in total. The maximum Gasteiger partial charge on any atom is 0.341 e. The number of aromatic nitrogens is 1. The maximum absolute atomic E-state index is 15.3. The first-order valence-electron chi connectivity index (χ1n) is 9.55. The summed E-state index contributed by atoms with van der Waals surface area (Å²) in [6, 6.07) is 1.15. The molecule has 5 rings (SSSR count). The van der Waals surface area contributed by atoms with Gasteiger partial charge in [0.25, 0.3) is 0 Å². The van der Waals surface area contributed by atoms with E-state index in [1.165, 1.54) is 13.3 Å². The third kappa shape index (κ3) is 2.53. The molecule has 1 saturated heterocycles. The predicted molar refractivity (Wildman–Crippen MR) is 103 cm³/mol. The first kappa shape index (κ1) is 18.0. The minimum Gasteiger partial charge on any atom is -0.492 e. The number of carbonyl (C=O) groups is 1. The van der Waals surface area contributed by atoms with Crippen LogP contribution in [0.4, 0.5) is 10.1 Å². The van der Waals surface area contributed by atoms with E-state index < -0.39 is 17.2 Å². The molecule has 0 atom stereocenters. The maximum atomic E-state index is 15.3. The molecule has 1 aromatic heterocycles. The lowest BCUT2D eigenvalue weighted by atomic mass is 10.1. The highest BCUT2D eigenvalue weighted by atomic mass is 19.1. The van der Waals surface area contributed by atoms with Crippen LogP contribution in [-0.2, 0) is 0 Å².